The third-order valence-corrected chi connectivity index (χ3v) is 3.27. The summed E-state index contributed by atoms with van der Waals surface area (Å²) in [7, 11) is 0. The molecule has 0 aliphatic carbocycles. The van der Waals surface area contributed by atoms with Crippen LogP contribution in [0.15, 0.2) is 0 Å². The second-order valence-corrected chi connectivity index (χ2v) is 4.13. The van der Waals surface area contributed by atoms with Gasteiger partial charge in [0.1, 0.15) is 33.3 Å². The lowest BCUT2D eigenvalue weighted by Crippen LogP contribution is -2.05. The molecule has 0 unspecified atom stereocenters. The molecule has 16 heavy (non-hydrogen) atoms. The molecule has 0 aromatic heterocycles. The van der Waals surface area contributed by atoms with Crippen molar-refractivity contribution in [3.05, 3.63) is 20.1 Å². The van der Waals surface area contributed by atoms with E-state index < -0.39 is 5.75 Å². The van der Waals surface area contributed by atoms with Gasteiger partial charge in [-0.1, -0.05) is 46.4 Å². The number of phenols is 1. The van der Waals surface area contributed by atoms with E-state index in [1.807, 2.05) is 0 Å². The van der Waals surface area contributed by atoms with Crippen LogP contribution in [-0.2, 0) is 4.89 Å². The molecule has 0 radical (unpaired) electrons. The highest BCUT2D eigenvalue weighted by molar-refractivity contribution is 6.50. The van der Waals surface area contributed by atoms with E-state index in [0.717, 1.165) is 0 Å². The molecule has 0 spiro atoms. The van der Waals surface area contributed by atoms with Crippen LogP contribution in [0.4, 0.5) is 0 Å². The third-order valence-electron chi connectivity index (χ3n) is 1.62. The van der Waals surface area contributed by atoms with E-state index in [9.17, 15) is 5.11 Å². The zero-order valence-corrected chi connectivity index (χ0v) is 10.7. The van der Waals surface area contributed by atoms with Gasteiger partial charge >= 0.3 is 0 Å². The molecule has 0 saturated heterocycles. The Hall–Kier alpha value is -0.100. The minimum absolute atomic E-state index is 0.00657. The number of hydrogen-bond acceptors (Lipinski definition) is 4. The summed E-state index contributed by atoms with van der Waals surface area (Å²) in [4.78, 5) is 3.80. The van der Waals surface area contributed by atoms with Crippen molar-refractivity contribution in [2.75, 3.05) is 13.2 Å². The monoisotopic (exact) mass is 306 g/mol. The van der Waals surface area contributed by atoms with Crippen LogP contribution in [0.2, 0.25) is 20.1 Å². The van der Waals surface area contributed by atoms with Crippen molar-refractivity contribution in [1.82, 2.24) is 0 Å². The quantitative estimate of drug-likeness (QED) is 0.384. The summed E-state index contributed by atoms with van der Waals surface area (Å²) in [5.41, 5.74) is 0. The molecule has 0 aliphatic rings. The lowest BCUT2D eigenvalue weighted by molar-refractivity contribution is -0.245. The largest absolute Gasteiger partial charge is 0.505 e. The number of hydrogen-bond donors (Lipinski definition) is 2. The Balaban J connectivity index is 3.08. The van der Waals surface area contributed by atoms with Gasteiger partial charge in [-0.05, 0) is 0 Å². The molecule has 0 atom stereocenters. The molecule has 0 fully saturated rings. The molecule has 0 bridgehead atoms. The van der Waals surface area contributed by atoms with Gasteiger partial charge in [0.25, 0.3) is 0 Å². The van der Waals surface area contributed by atoms with Crippen molar-refractivity contribution < 1.29 is 20.0 Å². The molecule has 1 rings (SSSR count). The predicted molar refractivity (Wildman–Crippen MR) is 62.2 cm³/mol. The Labute approximate surface area is 111 Å². The highest BCUT2D eigenvalue weighted by Crippen LogP contribution is 2.49. The zero-order chi connectivity index (χ0) is 12.3. The maximum absolute atomic E-state index is 9.41. The maximum atomic E-state index is 9.41. The van der Waals surface area contributed by atoms with Gasteiger partial charge < -0.3 is 9.84 Å². The van der Waals surface area contributed by atoms with Crippen molar-refractivity contribution in [3.8, 4) is 11.5 Å². The van der Waals surface area contributed by atoms with Gasteiger partial charge in [0.2, 0.25) is 0 Å². The van der Waals surface area contributed by atoms with Crippen LogP contribution in [-0.4, -0.2) is 23.6 Å². The minimum Gasteiger partial charge on any atom is -0.505 e. The van der Waals surface area contributed by atoms with Crippen LogP contribution in [0.1, 0.15) is 0 Å². The van der Waals surface area contributed by atoms with Crippen LogP contribution in [0.25, 0.3) is 0 Å². The molecule has 1 aromatic rings. The van der Waals surface area contributed by atoms with E-state index in [2.05, 4.69) is 4.89 Å². The highest BCUT2D eigenvalue weighted by Gasteiger charge is 2.21. The summed E-state index contributed by atoms with van der Waals surface area (Å²) >= 11 is 23.0. The Morgan fingerprint density at radius 2 is 1.38 bits per heavy atom. The van der Waals surface area contributed by atoms with E-state index in [1.54, 1.807) is 0 Å². The first-order chi connectivity index (χ1) is 7.50. The van der Waals surface area contributed by atoms with Gasteiger partial charge in [0, 0.05) is 0 Å². The standard InChI is InChI=1S/C8H6Cl4O4/c9-3-5(11)8(15-1-2-16-14)6(12)4(10)7(3)13/h13-14H,1-2H2. The number of benzene rings is 1. The van der Waals surface area contributed by atoms with E-state index in [1.165, 1.54) is 0 Å². The molecule has 0 heterocycles. The lowest BCUT2D eigenvalue weighted by atomic mass is 10.3. The van der Waals surface area contributed by atoms with Crippen molar-refractivity contribution in [2.45, 2.75) is 0 Å². The first-order valence-corrected chi connectivity index (χ1v) is 5.46. The zero-order valence-electron chi connectivity index (χ0n) is 7.64. The number of halogens is 4. The van der Waals surface area contributed by atoms with Gasteiger partial charge in [0.05, 0.1) is 0 Å². The summed E-state index contributed by atoms with van der Waals surface area (Å²) in [6.45, 7) is -0.0872. The van der Waals surface area contributed by atoms with Crippen LogP contribution >= 0.6 is 46.4 Å². The summed E-state index contributed by atoms with van der Waals surface area (Å²) in [5, 5.41) is 17.1. The van der Waals surface area contributed by atoms with Crippen LogP contribution < -0.4 is 4.74 Å². The molecule has 4 nitrogen and oxygen atoms in total. The topological polar surface area (TPSA) is 58.9 Å². The van der Waals surface area contributed by atoms with Crippen molar-refractivity contribution >= 4 is 46.4 Å². The lowest BCUT2D eigenvalue weighted by Gasteiger charge is -2.12. The highest BCUT2D eigenvalue weighted by atomic mass is 35.5. The van der Waals surface area contributed by atoms with Crippen molar-refractivity contribution in [3.63, 3.8) is 0 Å². The van der Waals surface area contributed by atoms with Gasteiger partial charge in [-0.15, -0.1) is 0 Å². The number of phenolic OH excluding ortho intramolecular Hbond substituents is 1. The molecular weight excluding hydrogens is 302 g/mol. The molecule has 90 valence electrons. The predicted octanol–water partition coefficient (Wildman–Crippen LogP) is 3.87. The fourth-order valence-corrected chi connectivity index (χ4v) is 1.84. The Bertz CT molecular complexity index is 367. The summed E-state index contributed by atoms with van der Waals surface area (Å²) in [6, 6.07) is 0. The first-order valence-electron chi connectivity index (χ1n) is 3.94. The molecule has 0 amide bonds. The minimum atomic E-state index is -0.413. The smallest absolute Gasteiger partial charge is 0.159 e. The summed E-state index contributed by atoms with van der Waals surface area (Å²) in [5.74, 6) is -0.391. The van der Waals surface area contributed by atoms with E-state index in [0.29, 0.717) is 0 Å². The normalized spacial score (nSPS) is 10.6. The van der Waals surface area contributed by atoms with Crippen LogP contribution in [0, 0.1) is 0 Å². The van der Waals surface area contributed by atoms with E-state index in [4.69, 9.17) is 56.4 Å². The van der Waals surface area contributed by atoms with Gasteiger partial charge in [-0.3, -0.25) is 5.26 Å². The molecule has 2 N–H and O–H groups in total. The molecule has 1 aromatic carbocycles. The van der Waals surface area contributed by atoms with Crippen molar-refractivity contribution in [1.29, 1.82) is 0 Å². The van der Waals surface area contributed by atoms with Gasteiger partial charge in [0.15, 0.2) is 11.5 Å². The second-order valence-electron chi connectivity index (χ2n) is 2.62. The SMILES string of the molecule is OOCCOc1c(Cl)c(Cl)c(O)c(Cl)c1Cl. The van der Waals surface area contributed by atoms with Gasteiger partial charge in [-0.25, -0.2) is 4.89 Å². The van der Waals surface area contributed by atoms with Crippen LogP contribution in [0.5, 0.6) is 11.5 Å². The molecular formula is C8H6Cl4O4. The maximum Gasteiger partial charge on any atom is 0.159 e. The number of rotatable bonds is 4. The average molecular weight is 308 g/mol. The number of aromatic hydroxyl groups is 1. The second kappa shape index (κ2) is 6.00. The number of ether oxygens (including phenoxy) is 1. The molecule has 0 saturated carbocycles. The fourth-order valence-electron chi connectivity index (χ4n) is 0.908. The first kappa shape index (κ1) is 14.0. The average Bonchev–Trinajstić information content (AvgIpc) is 2.28. The van der Waals surface area contributed by atoms with E-state index >= 15 is 0 Å². The molecule has 8 heteroatoms. The molecule has 0 aliphatic heterocycles. The van der Waals surface area contributed by atoms with E-state index in [-0.39, 0.29) is 39.1 Å². The van der Waals surface area contributed by atoms with Crippen LogP contribution in [0.3, 0.4) is 0 Å². The van der Waals surface area contributed by atoms with Crippen molar-refractivity contribution in [2.24, 2.45) is 0 Å². The Morgan fingerprint density at radius 3 is 1.81 bits per heavy atom. The summed E-state index contributed by atoms with van der Waals surface area (Å²) in [6.07, 6.45) is 0. The fraction of sp³-hybridized carbons (Fsp3) is 0.250. The van der Waals surface area contributed by atoms with Gasteiger partial charge in [-0.2, -0.15) is 0 Å². The third kappa shape index (κ3) is 2.77. The Kier molecular flexibility index (Phi) is 5.24. The Morgan fingerprint density at radius 1 is 0.875 bits per heavy atom. The summed E-state index contributed by atoms with van der Waals surface area (Å²) < 4.78 is 5.10.